The fraction of sp³-hybridized carbons (Fsp3) is 0.667. The number of halogens is 1. The zero-order valence-corrected chi connectivity index (χ0v) is 13.2. The van der Waals surface area contributed by atoms with E-state index in [2.05, 4.69) is 10.0 Å². The van der Waals surface area contributed by atoms with Gasteiger partial charge in [-0.3, -0.25) is 0 Å². The topological polar surface area (TPSA) is 58.2 Å². The van der Waals surface area contributed by atoms with Gasteiger partial charge in [0.05, 0.1) is 16.1 Å². The van der Waals surface area contributed by atoms with Crippen molar-refractivity contribution in [2.24, 2.45) is 5.92 Å². The van der Waals surface area contributed by atoms with Crippen LogP contribution in [0.4, 0.5) is 0 Å². The molecule has 1 aromatic heterocycles. The molecule has 2 atom stereocenters. The Labute approximate surface area is 123 Å². The van der Waals surface area contributed by atoms with Crippen molar-refractivity contribution in [1.82, 2.24) is 10.0 Å². The first-order valence-electron chi connectivity index (χ1n) is 6.42. The lowest BCUT2D eigenvalue weighted by atomic mass is 10.0. The van der Waals surface area contributed by atoms with Crippen LogP contribution in [0, 0.1) is 5.92 Å². The minimum Gasteiger partial charge on any atom is -0.316 e. The molecular formula is C12H19ClN2O2S2. The van der Waals surface area contributed by atoms with Crippen LogP contribution in [0.3, 0.4) is 0 Å². The average Bonchev–Trinajstić information content (AvgIpc) is 2.76. The van der Waals surface area contributed by atoms with E-state index >= 15 is 0 Å². The standard InChI is InChI=1S/C12H19ClN2O2S2/c1-9(11-4-5-12(13)18-11)15-19(16,17)8-10-3-2-6-14-7-10/h4-5,9-10,14-15H,2-3,6-8H2,1H3. The number of sulfonamides is 1. The molecule has 1 aliphatic rings. The van der Waals surface area contributed by atoms with Crippen LogP contribution in [0.1, 0.15) is 30.7 Å². The van der Waals surface area contributed by atoms with Crippen LogP contribution in [0.5, 0.6) is 0 Å². The summed E-state index contributed by atoms with van der Waals surface area (Å²) in [6.07, 6.45) is 2.03. The van der Waals surface area contributed by atoms with Crippen LogP contribution in [-0.2, 0) is 10.0 Å². The van der Waals surface area contributed by atoms with Crippen molar-refractivity contribution in [3.8, 4) is 0 Å². The summed E-state index contributed by atoms with van der Waals surface area (Å²) in [7, 11) is -3.25. The number of nitrogens with one attached hydrogen (secondary N) is 2. The molecule has 0 amide bonds. The van der Waals surface area contributed by atoms with E-state index in [1.807, 2.05) is 13.0 Å². The first-order chi connectivity index (χ1) is 8.96. The van der Waals surface area contributed by atoms with Crippen LogP contribution in [0.15, 0.2) is 12.1 Å². The maximum atomic E-state index is 12.1. The second kappa shape index (κ2) is 6.54. The molecule has 1 aliphatic heterocycles. The van der Waals surface area contributed by atoms with E-state index in [0.717, 1.165) is 30.8 Å². The van der Waals surface area contributed by atoms with Crippen molar-refractivity contribution in [3.63, 3.8) is 0 Å². The molecule has 19 heavy (non-hydrogen) atoms. The molecule has 2 rings (SSSR count). The predicted molar refractivity (Wildman–Crippen MR) is 80.3 cm³/mol. The van der Waals surface area contributed by atoms with Gasteiger partial charge in [-0.15, -0.1) is 11.3 Å². The van der Waals surface area contributed by atoms with Gasteiger partial charge in [0.1, 0.15) is 0 Å². The second-order valence-electron chi connectivity index (χ2n) is 4.98. The third-order valence-corrected chi connectivity index (χ3v) is 6.27. The van der Waals surface area contributed by atoms with Crippen molar-refractivity contribution in [1.29, 1.82) is 0 Å². The third-order valence-electron chi connectivity index (χ3n) is 3.23. The molecule has 0 radical (unpaired) electrons. The summed E-state index contributed by atoms with van der Waals surface area (Å²) in [5.74, 6) is 0.411. The van der Waals surface area contributed by atoms with E-state index in [1.54, 1.807) is 6.07 Å². The lowest BCUT2D eigenvalue weighted by molar-refractivity contribution is 0.402. The fourth-order valence-electron chi connectivity index (χ4n) is 2.31. The Morgan fingerprint density at radius 1 is 1.58 bits per heavy atom. The lowest BCUT2D eigenvalue weighted by Crippen LogP contribution is -2.38. The Balaban J connectivity index is 1.92. The molecule has 2 heterocycles. The number of hydrogen-bond donors (Lipinski definition) is 2. The van der Waals surface area contributed by atoms with Crippen molar-refractivity contribution in [2.45, 2.75) is 25.8 Å². The molecule has 0 saturated carbocycles. The van der Waals surface area contributed by atoms with E-state index in [4.69, 9.17) is 11.6 Å². The minimum absolute atomic E-state index is 0.198. The first kappa shape index (κ1) is 15.3. The van der Waals surface area contributed by atoms with Gasteiger partial charge in [0.25, 0.3) is 0 Å². The highest BCUT2D eigenvalue weighted by molar-refractivity contribution is 7.89. The van der Waals surface area contributed by atoms with E-state index in [1.165, 1.54) is 11.3 Å². The van der Waals surface area contributed by atoms with Crippen molar-refractivity contribution < 1.29 is 8.42 Å². The summed E-state index contributed by atoms with van der Waals surface area (Å²) in [5.41, 5.74) is 0. The van der Waals surface area contributed by atoms with Gasteiger partial charge in [0.2, 0.25) is 10.0 Å². The smallest absolute Gasteiger partial charge is 0.212 e. The molecule has 0 aliphatic carbocycles. The minimum atomic E-state index is -3.25. The first-order valence-corrected chi connectivity index (χ1v) is 9.27. The van der Waals surface area contributed by atoms with Gasteiger partial charge in [-0.1, -0.05) is 11.6 Å². The van der Waals surface area contributed by atoms with Crippen LogP contribution < -0.4 is 10.0 Å². The van der Waals surface area contributed by atoms with Gasteiger partial charge in [-0.25, -0.2) is 13.1 Å². The molecule has 1 aromatic rings. The molecule has 1 saturated heterocycles. The predicted octanol–water partition coefficient (Wildman–Crippen LogP) is 2.38. The maximum absolute atomic E-state index is 12.1. The summed E-state index contributed by atoms with van der Waals surface area (Å²) < 4.78 is 27.7. The fourth-order valence-corrected chi connectivity index (χ4v) is 5.12. The molecule has 0 bridgehead atoms. The number of thiophene rings is 1. The van der Waals surface area contributed by atoms with Crippen molar-refractivity contribution >= 4 is 33.0 Å². The van der Waals surface area contributed by atoms with Gasteiger partial charge < -0.3 is 5.32 Å². The third kappa shape index (κ3) is 4.72. The Morgan fingerprint density at radius 2 is 2.37 bits per heavy atom. The van der Waals surface area contributed by atoms with E-state index in [-0.39, 0.29) is 17.7 Å². The molecule has 2 N–H and O–H groups in total. The van der Waals surface area contributed by atoms with Gasteiger partial charge in [-0.2, -0.15) is 0 Å². The summed E-state index contributed by atoms with van der Waals surface area (Å²) >= 11 is 7.27. The number of rotatable bonds is 5. The normalized spacial score (nSPS) is 22.3. The summed E-state index contributed by atoms with van der Waals surface area (Å²) in [6.45, 7) is 3.63. The van der Waals surface area contributed by atoms with Gasteiger partial charge in [-0.05, 0) is 50.9 Å². The Morgan fingerprint density at radius 3 is 2.95 bits per heavy atom. The van der Waals surface area contributed by atoms with Crippen molar-refractivity contribution in [2.75, 3.05) is 18.8 Å². The van der Waals surface area contributed by atoms with Crippen LogP contribution in [0.2, 0.25) is 4.34 Å². The number of piperidine rings is 1. The summed E-state index contributed by atoms with van der Waals surface area (Å²) in [5, 5.41) is 3.24. The lowest BCUT2D eigenvalue weighted by Gasteiger charge is -2.23. The monoisotopic (exact) mass is 322 g/mol. The molecule has 0 spiro atoms. The Kier molecular flexibility index (Phi) is 5.25. The van der Waals surface area contributed by atoms with Crippen molar-refractivity contribution in [3.05, 3.63) is 21.3 Å². The van der Waals surface area contributed by atoms with Gasteiger partial charge in [0, 0.05) is 4.88 Å². The van der Waals surface area contributed by atoms with E-state index in [0.29, 0.717) is 4.34 Å². The van der Waals surface area contributed by atoms with Gasteiger partial charge >= 0.3 is 0 Å². The molecule has 4 nitrogen and oxygen atoms in total. The zero-order chi connectivity index (χ0) is 13.9. The van der Waals surface area contributed by atoms with E-state index in [9.17, 15) is 8.42 Å². The number of hydrogen-bond acceptors (Lipinski definition) is 4. The molecule has 1 fully saturated rings. The highest BCUT2D eigenvalue weighted by Gasteiger charge is 2.23. The SMILES string of the molecule is CC(NS(=O)(=O)CC1CCCNC1)c1ccc(Cl)s1. The van der Waals surface area contributed by atoms with Gasteiger partial charge in [0.15, 0.2) is 0 Å². The summed E-state index contributed by atoms with van der Waals surface area (Å²) in [4.78, 5) is 0.940. The molecule has 2 unspecified atom stereocenters. The highest BCUT2D eigenvalue weighted by Crippen LogP contribution is 2.27. The van der Waals surface area contributed by atoms with Crippen LogP contribution in [0.25, 0.3) is 0 Å². The summed E-state index contributed by atoms with van der Waals surface area (Å²) in [6, 6.07) is 3.43. The molecule has 0 aromatic carbocycles. The highest BCUT2D eigenvalue weighted by atomic mass is 35.5. The quantitative estimate of drug-likeness (QED) is 0.875. The Hall–Kier alpha value is -0.140. The van der Waals surface area contributed by atoms with Crippen LogP contribution >= 0.6 is 22.9 Å². The zero-order valence-electron chi connectivity index (χ0n) is 10.9. The second-order valence-corrected chi connectivity index (χ2v) is 8.52. The maximum Gasteiger partial charge on any atom is 0.212 e. The Bertz CT molecular complexity index is 510. The molecule has 108 valence electrons. The van der Waals surface area contributed by atoms with E-state index < -0.39 is 10.0 Å². The largest absolute Gasteiger partial charge is 0.316 e. The molecule has 7 heteroatoms. The van der Waals surface area contributed by atoms with Crippen LogP contribution in [-0.4, -0.2) is 27.3 Å². The molecular weight excluding hydrogens is 304 g/mol. The average molecular weight is 323 g/mol.